The van der Waals surface area contributed by atoms with Crippen LogP contribution in [0.4, 0.5) is 0 Å². The first-order chi connectivity index (χ1) is 4.74. The summed E-state index contributed by atoms with van der Waals surface area (Å²) in [6.07, 6.45) is 0. The quantitative estimate of drug-likeness (QED) is 0.733. The second-order valence-corrected chi connectivity index (χ2v) is 3.59. The van der Waals surface area contributed by atoms with Gasteiger partial charge in [-0.25, -0.2) is 0 Å². The number of rotatable bonds is 1. The van der Waals surface area contributed by atoms with Crippen LogP contribution in [0.15, 0.2) is 27.6 Å². The van der Waals surface area contributed by atoms with Crippen LogP contribution in [0.3, 0.4) is 0 Å². The van der Waals surface area contributed by atoms with Crippen molar-refractivity contribution in [2.75, 3.05) is 0 Å². The lowest BCUT2D eigenvalue weighted by molar-refractivity contribution is 1.34. The van der Waals surface area contributed by atoms with E-state index in [1.54, 1.807) is 0 Å². The second kappa shape index (κ2) is 3.42. The lowest BCUT2D eigenvalue weighted by Gasteiger charge is -1.98. The molecule has 0 radical (unpaired) electrons. The zero-order valence-electron chi connectivity index (χ0n) is 5.60. The maximum absolute atomic E-state index is 5.36. The fraction of sp³-hybridized carbons (Fsp3) is 0.143. The summed E-state index contributed by atoms with van der Waals surface area (Å²) in [6, 6.07) is 6.06. The molecule has 0 fully saturated rings. The maximum atomic E-state index is 5.36. The molecule has 3 heteroatoms. The molecule has 0 saturated carbocycles. The van der Waals surface area contributed by atoms with Crippen LogP contribution in [0.2, 0.25) is 0 Å². The van der Waals surface area contributed by atoms with Gasteiger partial charge in [0.1, 0.15) is 0 Å². The summed E-state index contributed by atoms with van der Waals surface area (Å²) in [5, 5.41) is 5.36. The summed E-state index contributed by atoms with van der Waals surface area (Å²) < 4.78 is 1.11. The summed E-state index contributed by atoms with van der Waals surface area (Å²) in [5.74, 6) is 0. The lowest BCUT2D eigenvalue weighted by Crippen LogP contribution is -1.80. The number of hydrogen-bond donors (Lipinski definition) is 1. The van der Waals surface area contributed by atoms with Gasteiger partial charge in [-0.15, -0.1) is 0 Å². The van der Waals surface area contributed by atoms with Crippen LogP contribution in [0.5, 0.6) is 0 Å². The van der Waals surface area contributed by atoms with Crippen molar-refractivity contribution in [3.05, 3.63) is 28.2 Å². The van der Waals surface area contributed by atoms with Gasteiger partial charge in [-0.05, 0) is 36.6 Å². The van der Waals surface area contributed by atoms with Crippen molar-refractivity contribution in [3.8, 4) is 0 Å². The molecule has 0 unspecified atom stereocenters. The molecule has 0 atom stereocenters. The number of hydrogen-bond acceptors (Lipinski definition) is 2. The Morgan fingerprint density at radius 1 is 1.50 bits per heavy atom. The van der Waals surface area contributed by atoms with E-state index in [2.05, 4.69) is 22.9 Å². The van der Waals surface area contributed by atoms with Gasteiger partial charge >= 0.3 is 0 Å². The molecule has 0 bridgehead atoms. The summed E-state index contributed by atoms with van der Waals surface area (Å²) in [4.78, 5) is 1.08. The van der Waals surface area contributed by atoms with Crippen LogP contribution in [-0.2, 0) is 0 Å². The molecule has 2 N–H and O–H groups in total. The van der Waals surface area contributed by atoms with Gasteiger partial charge in [0, 0.05) is 9.37 Å². The van der Waals surface area contributed by atoms with Gasteiger partial charge < -0.3 is 0 Å². The van der Waals surface area contributed by atoms with Gasteiger partial charge in [0.05, 0.1) is 0 Å². The van der Waals surface area contributed by atoms with E-state index in [0.717, 1.165) is 9.37 Å². The molecule has 0 spiro atoms. The molecule has 0 aromatic heterocycles. The minimum atomic E-state index is 1.08. The van der Waals surface area contributed by atoms with Crippen LogP contribution in [0, 0.1) is 6.92 Å². The Kier molecular flexibility index (Phi) is 2.77. The topological polar surface area (TPSA) is 26.0 Å². The lowest BCUT2D eigenvalue weighted by atomic mass is 10.2. The highest BCUT2D eigenvalue weighted by Crippen LogP contribution is 2.21. The Morgan fingerprint density at radius 3 is 2.70 bits per heavy atom. The van der Waals surface area contributed by atoms with E-state index in [0.29, 0.717) is 0 Å². The first-order valence-corrected chi connectivity index (χ1v) is 4.54. The molecule has 0 saturated heterocycles. The summed E-state index contributed by atoms with van der Waals surface area (Å²) in [7, 11) is 0. The van der Waals surface area contributed by atoms with Crippen LogP contribution in [0.25, 0.3) is 0 Å². The van der Waals surface area contributed by atoms with Crippen molar-refractivity contribution in [2.24, 2.45) is 5.14 Å². The van der Waals surface area contributed by atoms with Crippen LogP contribution in [0.1, 0.15) is 5.56 Å². The highest BCUT2D eigenvalue weighted by atomic mass is 79.9. The second-order valence-electron chi connectivity index (χ2n) is 2.03. The Hall–Kier alpha value is 0.01000. The fourth-order valence-corrected chi connectivity index (χ4v) is 1.51. The average Bonchev–Trinajstić information content (AvgIpc) is 1.95. The van der Waals surface area contributed by atoms with Crippen molar-refractivity contribution in [3.63, 3.8) is 0 Å². The number of aryl methyl sites for hydroxylation is 1. The average molecular weight is 218 g/mol. The summed E-state index contributed by atoms with van der Waals surface area (Å²) in [6.45, 7) is 2.05. The number of halogens is 1. The first kappa shape index (κ1) is 8.11. The third kappa shape index (κ3) is 1.75. The standard InChI is InChI=1S/C7H8BrNS/c1-5-2-3-6(10-9)4-7(5)8/h2-4H,9H2,1H3. The highest BCUT2D eigenvalue weighted by Gasteiger charge is 1.94. The third-order valence-corrected chi connectivity index (χ3v) is 2.66. The van der Waals surface area contributed by atoms with E-state index < -0.39 is 0 Å². The van der Waals surface area contributed by atoms with Gasteiger partial charge in [-0.1, -0.05) is 22.0 Å². The largest absolute Gasteiger partial charge is 0.274 e. The van der Waals surface area contributed by atoms with Crippen LogP contribution in [-0.4, -0.2) is 0 Å². The Labute approximate surface area is 73.3 Å². The van der Waals surface area contributed by atoms with E-state index in [4.69, 9.17) is 5.14 Å². The van der Waals surface area contributed by atoms with E-state index in [1.807, 2.05) is 18.2 Å². The molecule has 0 aliphatic rings. The van der Waals surface area contributed by atoms with Crippen molar-refractivity contribution in [1.29, 1.82) is 0 Å². The molecule has 10 heavy (non-hydrogen) atoms. The monoisotopic (exact) mass is 217 g/mol. The van der Waals surface area contributed by atoms with Gasteiger partial charge in [0.2, 0.25) is 0 Å². The van der Waals surface area contributed by atoms with E-state index >= 15 is 0 Å². The molecular formula is C7H8BrNS. The summed E-state index contributed by atoms with van der Waals surface area (Å²) >= 11 is 4.68. The van der Waals surface area contributed by atoms with Crippen molar-refractivity contribution >= 4 is 27.9 Å². The summed E-state index contributed by atoms with van der Waals surface area (Å²) in [5.41, 5.74) is 1.23. The Bertz CT molecular complexity index is 237. The predicted molar refractivity (Wildman–Crippen MR) is 48.9 cm³/mol. The van der Waals surface area contributed by atoms with Crippen molar-refractivity contribution in [2.45, 2.75) is 11.8 Å². The number of nitrogens with two attached hydrogens (primary N) is 1. The molecule has 0 amide bonds. The zero-order valence-corrected chi connectivity index (χ0v) is 8.00. The van der Waals surface area contributed by atoms with Gasteiger partial charge in [0.15, 0.2) is 0 Å². The smallest absolute Gasteiger partial charge is 0.0237 e. The van der Waals surface area contributed by atoms with E-state index in [9.17, 15) is 0 Å². The van der Waals surface area contributed by atoms with Crippen LogP contribution >= 0.6 is 27.9 Å². The SMILES string of the molecule is Cc1ccc(SN)cc1Br. The molecule has 1 rings (SSSR count). The van der Waals surface area contributed by atoms with Gasteiger partial charge in [-0.2, -0.15) is 0 Å². The molecule has 54 valence electrons. The predicted octanol–water partition coefficient (Wildman–Crippen LogP) is 2.72. The van der Waals surface area contributed by atoms with Crippen molar-refractivity contribution < 1.29 is 0 Å². The molecule has 1 nitrogen and oxygen atoms in total. The molecule has 1 aromatic carbocycles. The Morgan fingerprint density at radius 2 is 2.20 bits per heavy atom. The van der Waals surface area contributed by atoms with Crippen LogP contribution < -0.4 is 5.14 Å². The molecule has 0 aliphatic carbocycles. The number of benzene rings is 1. The van der Waals surface area contributed by atoms with Gasteiger partial charge in [-0.3, -0.25) is 5.14 Å². The van der Waals surface area contributed by atoms with E-state index in [-0.39, 0.29) is 0 Å². The zero-order chi connectivity index (χ0) is 7.56. The van der Waals surface area contributed by atoms with E-state index in [1.165, 1.54) is 17.5 Å². The molecular weight excluding hydrogens is 210 g/mol. The minimum absolute atomic E-state index is 1.08. The van der Waals surface area contributed by atoms with Gasteiger partial charge in [0.25, 0.3) is 0 Å². The molecule has 0 aliphatic heterocycles. The first-order valence-electron chi connectivity index (χ1n) is 2.87. The molecule has 0 heterocycles. The van der Waals surface area contributed by atoms with Crippen molar-refractivity contribution in [1.82, 2.24) is 0 Å². The maximum Gasteiger partial charge on any atom is 0.0237 e. The molecule has 1 aromatic rings. The minimum Gasteiger partial charge on any atom is -0.274 e. The normalized spacial score (nSPS) is 9.90. The Balaban J connectivity index is 3.04. The third-order valence-electron chi connectivity index (χ3n) is 1.28. The highest BCUT2D eigenvalue weighted by molar-refractivity contribution is 9.10. The fourth-order valence-electron chi connectivity index (χ4n) is 0.647.